The molecule has 0 fully saturated rings. The Morgan fingerprint density at radius 3 is 3.13 bits per heavy atom. The number of hydrogen-bond donors (Lipinski definition) is 1. The van der Waals surface area contributed by atoms with E-state index in [1.54, 1.807) is 12.3 Å². The molecule has 0 bridgehead atoms. The van der Waals surface area contributed by atoms with Gasteiger partial charge in [0, 0.05) is 18.8 Å². The highest BCUT2D eigenvalue weighted by Crippen LogP contribution is 1.90. The number of nitrogens with zero attached hydrogens (tertiary/aromatic N) is 2. The summed E-state index contributed by atoms with van der Waals surface area (Å²) in [5, 5.41) is 7.19. The minimum atomic E-state index is -0.0888. The quantitative estimate of drug-likeness (QED) is 0.554. The van der Waals surface area contributed by atoms with Crippen molar-refractivity contribution in [3.63, 3.8) is 0 Å². The van der Waals surface area contributed by atoms with Gasteiger partial charge in [-0.05, 0) is 24.6 Å². The molecule has 0 unspecified atom stereocenters. The van der Waals surface area contributed by atoms with Crippen molar-refractivity contribution in [2.45, 2.75) is 19.9 Å². The summed E-state index contributed by atoms with van der Waals surface area (Å²) in [6.07, 6.45) is 2.70. The van der Waals surface area contributed by atoms with Gasteiger partial charge in [0.15, 0.2) is 0 Å². The van der Waals surface area contributed by atoms with E-state index in [4.69, 9.17) is 0 Å². The van der Waals surface area contributed by atoms with Gasteiger partial charge in [-0.25, -0.2) is 4.68 Å². The van der Waals surface area contributed by atoms with E-state index in [2.05, 4.69) is 23.9 Å². The van der Waals surface area contributed by atoms with Crippen molar-refractivity contribution in [1.29, 1.82) is 0 Å². The fourth-order valence-electron chi connectivity index (χ4n) is 1.22. The molecule has 0 aliphatic rings. The first-order chi connectivity index (χ1) is 7.24. The van der Waals surface area contributed by atoms with Crippen LogP contribution in [-0.4, -0.2) is 22.9 Å². The molecule has 0 aliphatic carbocycles. The van der Waals surface area contributed by atoms with E-state index in [1.165, 1.54) is 10.7 Å². The van der Waals surface area contributed by atoms with Crippen LogP contribution in [-0.2, 0) is 6.54 Å². The number of nitrogens with one attached hydrogen (secondary N) is 1. The number of aromatic nitrogens is 2. The summed E-state index contributed by atoms with van der Waals surface area (Å²) in [6, 6.07) is 3.14. The molecule has 1 aromatic heterocycles. The normalized spacial score (nSPS) is 10.2. The van der Waals surface area contributed by atoms with E-state index in [-0.39, 0.29) is 5.56 Å². The molecule has 1 N–H and O–H groups in total. The second-order valence-corrected chi connectivity index (χ2v) is 3.45. The zero-order valence-corrected chi connectivity index (χ0v) is 9.07. The van der Waals surface area contributed by atoms with Gasteiger partial charge in [-0.3, -0.25) is 4.79 Å². The molecule has 1 rings (SSSR count). The highest BCUT2D eigenvalue weighted by molar-refractivity contribution is 4.97. The highest BCUT2D eigenvalue weighted by Gasteiger charge is 1.98. The van der Waals surface area contributed by atoms with E-state index >= 15 is 0 Å². The molecular weight excluding hydrogens is 190 g/mol. The zero-order chi connectivity index (χ0) is 11.1. The minimum absolute atomic E-state index is 0.0888. The fraction of sp³-hybridized carbons (Fsp3) is 0.455. The average molecular weight is 207 g/mol. The molecule has 0 atom stereocenters. The van der Waals surface area contributed by atoms with Crippen LogP contribution in [0.5, 0.6) is 0 Å². The molecule has 0 aromatic carbocycles. The summed E-state index contributed by atoms with van der Waals surface area (Å²) in [6.45, 7) is 8.19. The van der Waals surface area contributed by atoms with Crippen LogP contribution in [0.4, 0.5) is 0 Å². The summed E-state index contributed by atoms with van der Waals surface area (Å²) in [5.41, 5.74) is 0.874. The molecule has 0 radical (unpaired) electrons. The lowest BCUT2D eigenvalue weighted by Crippen LogP contribution is -2.25. The molecule has 82 valence electrons. The fourth-order valence-corrected chi connectivity index (χ4v) is 1.22. The van der Waals surface area contributed by atoms with Crippen LogP contribution in [0.15, 0.2) is 35.3 Å². The third kappa shape index (κ3) is 4.08. The molecule has 4 heteroatoms. The van der Waals surface area contributed by atoms with E-state index in [9.17, 15) is 4.79 Å². The molecule has 0 amide bonds. The maximum atomic E-state index is 11.3. The summed E-state index contributed by atoms with van der Waals surface area (Å²) in [7, 11) is 0. The second-order valence-electron chi connectivity index (χ2n) is 3.45. The maximum absolute atomic E-state index is 11.3. The molecule has 0 saturated carbocycles. The lowest BCUT2D eigenvalue weighted by atomic mass is 10.3. The Morgan fingerprint density at radius 2 is 2.47 bits per heavy atom. The van der Waals surface area contributed by atoms with Gasteiger partial charge < -0.3 is 5.32 Å². The van der Waals surface area contributed by atoms with E-state index in [0.717, 1.165) is 25.1 Å². The third-order valence-corrected chi connectivity index (χ3v) is 1.96. The molecule has 0 spiro atoms. The van der Waals surface area contributed by atoms with Crippen LogP contribution in [0.2, 0.25) is 0 Å². The van der Waals surface area contributed by atoms with Gasteiger partial charge in [-0.1, -0.05) is 13.5 Å². The van der Waals surface area contributed by atoms with Crippen molar-refractivity contribution >= 4 is 0 Å². The SMILES string of the molecule is C=C(CNCCC)Cn1ncccc1=O. The summed E-state index contributed by atoms with van der Waals surface area (Å²) < 4.78 is 1.41. The van der Waals surface area contributed by atoms with Crippen LogP contribution < -0.4 is 10.9 Å². The Kier molecular flexibility index (Phi) is 4.77. The summed E-state index contributed by atoms with van der Waals surface area (Å²) >= 11 is 0. The standard InChI is InChI=1S/C11H17N3O/c1-3-6-12-8-10(2)9-14-11(15)5-4-7-13-14/h4-5,7,12H,2-3,6,8-9H2,1H3. The molecule has 1 heterocycles. The zero-order valence-electron chi connectivity index (χ0n) is 9.07. The number of hydrogen-bond acceptors (Lipinski definition) is 3. The van der Waals surface area contributed by atoms with Gasteiger partial charge in [0.1, 0.15) is 0 Å². The summed E-state index contributed by atoms with van der Waals surface area (Å²) in [5.74, 6) is 0. The minimum Gasteiger partial charge on any atom is -0.313 e. The van der Waals surface area contributed by atoms with Crippen molar-refractivity contribution in [1.82, 2.24) is 15.1 Å². The van der Waals surface area contributed by atoms with Crippen molar-refractivity contribution in [3.8, 4) is 0 Å². The highest BCUT2D eigenvalue weighted by atomic mass is 16.1. The van der Waals surface area contributed by atoms with E-state index < -0.39 is 0 Å². The van der Waals surface area contributed by atoms with Gasteiger partial charge in [-0.15, -0.1) is 0 Å². The van der Waals surface area contributed by atoms with Gasteiger partial charge in [-0.2, -0.15) is 5.10 Å². The Balaban J connectivity index is 2.45. The first-order valence-electron chi connectivity index (χ1n) is 5.13. The smallest absolute Gasteiger partial charge is 0.267 e. The van der Waals surface area contributed by atoms with Crippen LogP contribution in [0, 0.1) is 0 Å². The van der Waals surface area contributed by atoms with Crippen molar-refractivity contribution in [3.05, 3.63) is 40.8 Å². The predicted octanol–water partition coefficient (Wildman–Crippen LogP) is 0.799. The molecule has 0 saturated heterocycles. The van der Waals surface area contributed by atoms with E-state index in [1.807, 2.05) is 0 Å². The Bertz CT molecular complexity index is 370. The van der Waals surface area contributed by atoms with Gasteiger partial charge in [0.2, 0.25) is 0 Å². The Hall–Kier alpha value is -1.42. The van der Waals surface area contributed by atoms with Crippen molar-refractivity contribution in [2.75, 3.05) is 13.1 Å². The second kappa shape index (κ2) is 6.14. The first-order valence-corrected chi connectivity index (χ1v) is 5.13. The van der Waals surface area contributed by atoms with Crippen LogP contribution >= 0.6 is 0 Å². The average Bonchev–Trinajstić information content (AvgIpc) is 2.22. The Morgan fingerprint density at radius 1 is 1.67 bits per heavy atom. The van der Waals surface area contributed by atoms with Crippen LogP contribution in [0.1, 0.15) is 13.3 Å². The molecule has 4 nitrogen and oxygen atoms in total. The largest absolute Gasteiger partial charge is 0.313 e. The number of rotatable bonds is 6. The molecule has 1 aromatic rings. The first kappa shape index (κ1) is 11.7. The topological polar surface area (TPSA) is 46.9 Å². The maximum Gasteiger partial charge on any atom is 0.267 e. The molecule has 15 heavy (non-hydrogen) atoms. The molecular formula is C11H17N3O. The van der Waals surface area contributed by atoms with Crippen LogP contribution in [0.3, 0.4) is 0 Å². The van der Waals surface area contributed by atoms with Crippen molar-refractivity contribution in [2.24, 2.45) is 0 Å². The van der Waals surface area contributed by atoms with Crippen molar-refractivity contribution < 1.29 is 0 Å². The summed E-state index contributed by atoms with van der Waals surface area (Å²) in [4.78, 5) is 11.3. The van der Waals surface area contributed by atoms with Gasteiger partial charge >= 0.3 is 0 Å². The van der Waals surface area contributed by atoms with E-state index in [0.29, 0.717) is 6.54 Å². The predicted molar refractivity (Wildman–Crippen MR) is 60.8 cm³/mol. The lowest BCUT2D eigenvalue weighted by molar-refractivity contribution is 0.603. The third-order valence-electron chi connectivity index (χ3n) is 1.96. The lowest BCUT2D eigenvalue weighted by Gasteiger charge is -2.07. The van der Waals surface area contributed by atoms with Crippen LogP contribution in [0.25, 0.3) is 0 Å². The Labute approximate surface area is 89.6 Å². The molecule has 0 aliphatic heterocycles. The van der Waals surface area contributed by atoms with Gasteiger partial charge in [0.25, 0.3) is 5.56 Å². The van der Waals surface area contributed by atoms with Gasteiger partial charge in [0.05, 0.1) is 6.54 Å². The monoisotopic (exact) mass is 207 g/mol.